The number of ether oxygens (including phenoxy) is 2. The molecule has 0 aliphatic rings. The summed E-state index contributed by atoms with van der Waals surface area (Å²) in [7, 11) is 0. The molecule has 0 atom stereocenters. The van der Waals surface area contributed by atoms with Crippen molar-refractivity contribution in [2.45, 2.75) is 27.2 Å². The van der Waals surface area contributed by atoms with Crippen LogP contribution in [-0.2, 0) is 9.59 Å². The molecule has 0 bridgehead atoms. The molecule has 29 heavy (non-hydrogen) atoms. The van der Waals surface area contributed by atoms with Crippen LogP contribution >= 0.6 is 0 Å². The molecule has 0 saturated carbocycles. The average molecular weight is 398 g/mol. The number of carbonyl (C=O) groups is 3. The van der Waals surface area contributed by atoms with E-state index < -0.39 is 5.97 Å². The summed E-state index contributed by atoms with van der Waals surface area (Å²) in [5.74, 6) is 0.0828. The summed E-state index contributed by atoms with van der Waals surface area (Å²) in [6, 6.07) is 12.1. The molecule has 0 aliphatic carbocycles. The second kappa shape index (κ2) is 10.8. The fourth-order valence-electron chi connectivity index (χ4n) is 2.56. The zero-order chi connectivity index (χ0) is 21.2. The maximum atomic E-state index is 12.1. The Balaban J connectivity index is 1.66. The fourth-order valence-corrected chi connectivity index (χ4v) is 2.56. The van der Waals surface area contributed by atoms with Crippen LogP contribution in [-0.4, -0.2) is 37.5 Å². The fraction of sp³-hybridized carbons (Fsp3) is 0.318. The molecule has 0 aromatic heterocycles. The van der Waals surface area contributed by atoms with E-state index in [0.717, 1.165) is 11.1 Å². The zero-order valence-corrected chi connectivity index (χ0v) is 16.9. The van der Waals surface area contributed by atoms with Gasteiger partial charge in [0.2, 0.25) is 0 Å². The lowest BCUT2D eigenvalue weighted by Gasteiger charge is -2.11. The van der Waals surface area contributed by atoms with Crippen LogP contribution in [0.5, 0.6) is 11.5 Å². The van der Waals surface area contributed by atoms with Crippen molar-refractivity contribution in [2.24, 2.45) is 0 Å². The molecule has 154 valence electrons. The number of aryl methyl sites for hydroxylation is 1. The predicted molar refractivity (Wildman–Crippen MR) is 109 cm³/mol. The second-order valence-corrected chi connectivity index (χ2v) is 6.57. The molecule has 0 saturated heterocycles. The van der Waals surface area contributed by atoms with Gasteiger partial charge in [-0.1, -0.05) is 18.2 Å². The lowest BCUT2D eigenvalue weighted by Crippen LogP contribution is -2.32. The minimum atomic E-state index is -0.445. The smallest absolute Gasteiger partial charge is 0.308 e. The van der Waals surface area contributed by atoms with Gasteiger partial charge in [-0.15, -0.1) is 0 Å². The van der Waals surface area contributed by atoms with Crippen molar-refractivity contribution in [1.29, 1.82) is 0 Å². The van der Waals surface area contributed by atoms with E-state index in [9.17, 15) is 14.4 Å². The molecule has 2 aromatic carbocycles. The highest BCUT2D eigenvalue weighted by Crippen LogP contribution is 2.20. The van der Waals surface area contributed by atoms with E-state index in [4.69, 9.17) is 9.47 Å². The summed E-state index contributed by atoms with van der Waals surface area (Å²) in [5.41, 5.74) is 2.52. The zero-order valence-electron chi connectivity index (χ0n) is 16.9. The molecule has 0 heterocycles. The Hall–Kier alpha value is -3.35. The molecule has 0 unspecified atom stereocenters. The summed E-state index contributed by atoms with van der Waals surface area (Å²) in [4.78, 5) is 35.0. The third kappa shape index (κ3) is 7.29. The van der Waals surface area contributed by atoms with Gasteiger partial charge < -0.3 is 20.1 Å². The van der Waals surface area contributed by atoms with Gasteiger partial charge in [0, 0.05) is 25.6 Å². The molecule has 2 amide bonds. The number of nitrogens with one attached hydrogen (secondary N) is 2. The molecular weight excluding hydrogens is 372 g/mol. The van der Waals surface area contributed by atoms with Gasteiger partial charge in [-0.05, 0) is 55.7 Å². The first-order chi connectivity index (χ1) is 13.9. The number of amides is 2. The van der Waals surface area contributed by atoms with Gasteiger partial charge in [-0.2, -0.15) is 0 Å². The van der Waals surface area contributed by atoms with Gasteiger partial charge in [-0.3, -0.25) is 14.4 Å². The topological polar surface area (TPSA) is 93.7 Å². The molecule has 0 aliphatic heterocycles. The molecule has 0 fully saturated rings. The first kappa shape index (κ1) is 21.9. The molecule has 0 radical (unpaired) electrons. The van der Waals surface area contributed by atoms with E-state index in [1.54, 1.807) is 18.2 Å². The van der Waals surface area contributed by atoms with Crippen LogP contribution in [0.4, 0.5) is 0 Å². The van der Waals surface area contributed by atoms with Crippen molar-refractivity contribution in [1.82, 2.24) is 10.6 Å². The second-order valence-electron chi connectivity index (χ2n) is 6.57. The van der Waals surface area contributed by atoms with Gasteiger partial charge in [0.15, 0.2) is 6.61 Å². The van der Waals surface area contributed by atoms with E-state index in [1.807, 2.05) is 32.0 Å². The lowest BCUT2D eigenvalue weighted by molar-refractivity contribution is -0.131. The van der Waals surface area contributed by atoms with Crippen LogP contribution in [0.15, 0.2) is 42.5 Å². The minimum Gasteiger partial charge on any atom is -0.483 e. The summed E-state index contributed by atoms with van der Waals surface area (Å²) in [6.07, 6.45) is 0.574. The van der Waals surface area contributed by atoms with Gasteiger partial charge in [-0.25, -0.2) is 0 Å². The van der Waals surface area contributed by atoms with Crippen molar-refractivity contribution in [3.8, 4) is 11.5 Å². The van der Waals surface area contributed by atoms with Crippen LogP contribution in [0.3, 0.4) is 0 Å². The van der Waals surface area contributed by atoms with Gasteiger partial charge >= 0.3 is 5.97 Å². The Kier molecular flexibility index (Phi) is 8.21. The number of hydrogen-bond acceptors (Lipinski definition) is 5. The van der Waals surface area contributed by atoms with E-state index >= 15 is 0 Å². The minimum absolute atomic E-state index is 0.0560. The summed E-state index contributed by atoms with van der Waals surface area (Å²) < 4.78 is 10.5. The average Bonchev–Trinajstić information content (AvgIpc) is 2.68. The highest BCUT2D eigenvalue weighted by molar-refractivity contribution is 5.94. The normalized spacial score (nSPS) is 10.2. The highest BCUT2D eigenvalue weighted by Gasteiger charge is 2.08. The molecule has 0 spiro atoms. The number of rotatable bonds is 9. The standard InChI is InChI=1S/C22H26N2O5/c1-15-7-4-10-20(16(15)2)28-14-21(26)23-11-6-12-24-22(27)18-8-5-9-19(13-18)29-17(3)25/h4-5,7-10,13H,6,11-12,14H2,1-3H3,(H,23,26)(H,24,27). The highest BCUT2D eigenvalue weighted by atomic mass is 16.5. The number of carbonyl (C=O) groups excluding carboxylic acids is 3. The third-order valence-electron chi connectivity index (χ3n) is 4.23. The number of esters is 1. The monoisotopic (exact) mass is 398 g/mol. The van der Waals surface area contributed by atoms with Crippen LogP contribution < -0.4 is 20.1 Å². The third-order valence-corrected chi connectivity index (χ3v) is 4.23. The van der Waals surface area contributed by atoms with Crippen molar-refractivity contribution in [2.75, 3.05) is 19.7 Å². The maximum absolute atomic E-state index is 12.1. The van der Waals surface area contributed by atoms with Gasteiger partial charge in [0.1, 0.15) is 11.5 Å². The van der Waals surface area contributed by atoms with Gasteiger partial charge in [0.05, 0.1) is 0 Å². The summed E-state index contributed by atoms with van der Waals surface area (Å²) in [5, 5.41) is 5.52. The Bertz CT molecular complexity index is 879. The summed E-state index contributed by atoms with van der Waals surface area (Å²) >= 11 is 0. The Morgan fingerprint density at radius 3 is 2.45 bits per heavy atom. The first-order valence-electron chi connectivity index (χ1n) is 9.39. The number of hydrogen-bond donors (Lipinski definition) is 2. The van der Waals surface area contributed by atoms with Crippen molar-refractivity contribution in [3.63, 3.8) is 0 Å². The van der Waals surface area contributed by atoms with Crippen LogP contribution in [0.25, 0.3) is 0 Å². The molecule has 7 nitrogen and oxygen atoms in total. The number of benzene rings is 2. The Morgan fingerprint density at radius 1 is 0.966 bits per heavy atom. The van der Waals surface area contributed by atoms with E-state index in [0.29, 0.717) is 36.6 Å². The Morgan fingerprint density at radius 2 is 1.69 bits per heavy atom. The van der Waals surface area contributed by atoms with Crippen molar-refractivity contribution >= 4 is 17.8 Å². The molecule has 2 rings (SSSR count). The van der Waals surface area contributed by atoms with E-state index in [1.165, 1.54) is 13.0 Å². The largest absolute Gasteiger partial charge is 0.483 e. The van der Waals surface area contributed by atoms with Crippen LogP contribution in [0.2, 0.25) is 0 Å². The first-order valence-corrected chi connectivity index (χ1v) is 9.39. The van der Waals surface area contributed by atoms with Crippen molar-refractivity contribution < 1.29 is 23.9 Å². The molecule has 2 N–H and O–H groups in total. The maximum Gasteiger partial charge on any atom is 0.308 e. The van der Waals surface area contributed by atoms with Gasteiger partial charge in [0.25, 0.3) is 11.8 Å². The van der Waals surface area contributed by atoms with E-state index in [-0.39, 0.29) is 18.4 Å². The van der Waals surface area contributed by atoms with Crippen molar-refractivity contribution in [3.05, 3.63) is 59.2 Å². The Labute approximate surface area is 170 Å². The quantitative estimate of drug-likeness (QED) is 0.385. The SMILES string of the molecule is CC(=O)Oc1cccc(C(=O)NCCCNC(=O)COc2cccc(C)c2C)c1. The lowest BCUT2D eigenvalue weighted by atomic mass is 10.1. The van der Waals surface area contributed by atoms with E-state index in [2.05, 4.69) is 10.6 Å². The molecule has 2 aromatic rings. The molecule has 7 heteroatoms. The molecular formula is C22H26N2O5. The van der Waals surface area contributed by atoms with Crippen LogP contribution in [0.1, 0.15) is 34.8 Å². The van der Waals surface area contributed by atoms with Crippen LogP contribution in [0, 0.1) is 13.8 Å². The summed E-state index contributed by atoms with van der Waals surface area (Å²) in [6.45, 7) is 6.00. The predicted octanol–water partition coefficient (Wildman–Crippen LogP) is 2.54.